The summed E-state index contributed by atoms with van der Waals surface area (Å²) in [6.07, 6.45) is 4.19. The summed E-state index contributed by atoms with van der Waals surface area (Å²) in [4.78, 5) is 12.3. The minimum atomic E-state index is -0.566. The fourth-order valence-electron chi connectivity index (χ4n) is 2.88. The lowest BCUT2D eigenvalue weighted by molar-refractivity contribution is 0.0869. The molecule has 0 bridgehead atoms. The molecule has 0 heterocycles. The topological polar surface area (TPSA) is 29.1 Å². The van der Waals surface area contributed by atoms with E-state index in [0.717, 1.165) is 19.3 Å². The predicted octanol–water partition coefficient (Wildman–Crippen LogP) is 4.55. The lowest BCUT2D eigenvalue weighted by Crippen LogP contribution is -2.52. The van der Waals surface area contributed by atoms with Gasteiger partial charge in [0.15, 0.2) is 0 Å². The van der Waals surface area contributed by atoms with E-state index in [1.807, 2.05) is 0 Å². The van der Waals surface area contributed by atoms with Crippen molar-refractivity contribution in [1.82, 2.24) is 5.32 Å². The lowest BCUT2D eigenvalue weighted by Gasteiger charge is -2.39. The molecular weight excluding hydrogens is 345 g/mol. The van der Waals surface area contributed by atoms with Crippen molar-refractivity contribution in [2.45, 2.75) is 38.1 Å². The second kappa shape index (κ2) is 6.44. The van der Waals surface area contributed by atoms with Gasteiger partial charge in [-0.05, 0) is 37.0 Å². The Morgan fingerprint density at radius 2 is 2.35 bits per heavy atom. The smallest absolute Gasteiger partial charge is 0.251 e. The maximum Gasteiger partial charge on any atom is 0.251 e. The summed E-state index contributed by atoms with van der Waals surface area (Å²) in [5.74, 6) is -0.220. The maximum absolute atomic E-state index is 13.4. The molecule has 1 aliphatic carbocycles. The zero-order chi connectivity index (χ0) is 14.8. The van der Waals surface area contributed by atoms with E-state index < -0.39 is 5.82 Å². The van der Waals surface area contributed by atoms with Crippen LogP contribution in [0.4, 0.5) is 4.39 Å². The highest BCUT2D eigenvalue weighted by atomic mass is 79.9. The van der Waals surface area contributed by atoms with Crippen LogP contribution < -0.4 is 5.32 Å². The molecular formula is C15H18BrClFNO. The first-order valence-electron chi connectivity index (χ1n) is 6.79. The summed E-state index contributed by atoms with van der Waals surface area (Å²) < 4.78 is 13.4. The molecule has 1 fully saturated rings. The fraction of sp³-hybridized carbons (Fsp3) is 0.533. The van der Waals surface area contributed by atoms with E-state index in [2.05, 4.69) is 28.2 Å². The number of nitrogens with one attached hydrogen (secondary N) is 1. The molecule has 1 aromatic rings. The first-order chi connectivity index (χ1) is 9.46. The van der Waals surface area contributed by atoms with Crippen LogP contribution in [0.2, 0.25) is 5.02 Å². The minimum absolute atomic E-state index is 0.0306. The number of alkyl halides is 1. The molecule has 1 N–H and O–H groups in total. The van der Waals surface area contributed by atoms with Crippen LogP contribution in [0.5, 0.6) is 0 Å². The quantitative estimate of drug-likeness (QED) is 0.785. The summed E-state index contributed by atoms with van der Waals surface area (Å²) in [5.41, 5.74) is 0.0793. The molecule has 2 unspecified atom stereocenters. The standard InChI is InChI=1S/C15H18BrClFNO/c1-10-3-2-6-15(8-10,9-16)19-14(20)11-4-5-12(17)13(18)7-11/h4-5,7,10H,2-3,6,8-9H2,1H3,(H,19,20). The van der Waals surface area contributed by atoms with Crippen molar-refractivity contribution in [1.29, 1.82) is 0 Å². The van der Waals surface area contributed by atoms with Crippen molar-refractivity contribution >= 4 is 33.4 Å². The van der Waals surface area contributed by atoms with Crippen LogP contribution in [0, 0.1) is 11.7 Å². The molecule has 0 spiro atoms. The van der Waals surface area contributed by atoms with Gasteiger partial charge in [-0.25, -0.2) is 4.39 Å². The van der Waals surface area contributed by atoms with Gasteiger partial charge in [0.1, 0.15) is 5.82 Å². The van der Waals surface area contributed by atoms with Gasteiger partial charge in [0, 0.05) is 10.9 Å². The van der Waals surface area contributed by atoms with Gasteiger partial charge in [0.25, 0.3) is 5.91 Å². The van der Waals surface area contributed by atoms with Gasteiger partial charge < -0.3 is 5.32 Å². The molecule has 1 amide bonds. The largest absolute Gasteiger partial charge is 0.346 e. The van der Waals surface area contributed by atoms with E-state index in [-0.39, 0.29) is 16.5 Å². The molecule has 1 saturated carbocycles. The molecule has 0 aliphatic heterocycles. The number of hydrogen-bond acceptors (Lipinski definition) is 1. The highest BCUT2D eigenvalue weighted by Gasteiger charge is 2.35. The van der Waals surface area contributed by atoms with E-state index >= 15 is 0 Å². The Morgan fingerprint density at radius 1 is 1.60 bits per heavy atom. The van der Waals surface area contributed by atoms with Gasteiger partial charge in [-0.2, -0.15) is 0 Å². The Hall–Kier alpha value is -0.610. The Bertz CT molecular complexity index is 511. The Balaban J connectivity index is 2.14. The van der Waals surface area contributed by atoms with Crippen molar-refractivity contribution in [3.05, 3.63) is 34.6 Å². The zero-order valence-corrected chi connectivity index (χ0v) is 13.7. The first-order valence-corrected chi connectivity index (χ1v) is 8.29. The SMILES string of the molecule is CC1CCCC(CBr)(NC(=O)c2ccc(Cl)c(F)c2)C1. The highest BCUT2D eigenvalue weighted by Crippen LogP contribution is 2.34. The maximum atomic E-state index is 13.4. The third-order valence-electron chi connectivity index (χ3n) is 3.91. The molecule has 0 radical (unpaired) electrons. The second-order valence-corrected chi connectivity index (χ2v) is 6.67. The van der Waals surface area contributed by atoms with Gasteiger partial charge >= 0.3 is 0 Å². The van der Waals surface area contributed by atoms with Crippen molar-refractivity contribution in [3.8, 4) is 0 Å². The van der Waals surface area contributed by atoms with Crippen LogP contribution >= 0.6 is 27.5 Å². The lowest BCUT2D eigenvalue weighted by atomic mass is 9.77. The summed E-state index contributed by atoms with van der Waals surface area (Å²) in [6.45, 7) is 2.20. The number of carbonyl (C=O) groups is 1. The van der Waals surface area contributed by atoms with E-state index in [4.69, 9.17) is 11.6 Å². The van der Waals surface area contributed by atoms with Crippen LogP contribution in [0.1, 0.15) is 43.0 Å². The molecule has 110 valence electrons. The average molecular weight is 363 g/mol. The van der Waals surface area contributed by atoms with Crippen LogP contribution in [-0.2, 0) is 0 Å². The van der Waals surface area contributed by atoms with Crippen LogP contribution in [0.3, 0.4) is 0 Å². The molecule has 1 aromatic carbocycles. The Kier molecular flexibility index (Phi) is 5.08. The van der Waals surface area contributed by atoms with E-state index in [9.17, 15) is 9.18 Å². The second-order valence-electron chi connectivity index (χ2n) is 5.70. The number of benzene rings is 1. The summed E-state index contributed by atoms with van der Waals surface area (Å²) in [5, 5.41) is 3.82. The predicted molar refractivity (Wildman–Crippen MR) is 83.0 cm³/mol. The minimum Gasteiger partial charge on any atom is -0.346 e. The van der Waals surface area contributed by atoms with Crippen LogP contribution in [-0.4, -0.2) is 16.8 Å². The molecule has 20 heavy (non-hydrogen) atoms. The average Bonchev–Trinajstić information content (AvgIpc) is 2.41. The van der Waals surface area contributed by atoms with Gasteiger partial charge in [-0.3, -0.25) is 4.79 Å². The third kappa shape index (κ3) is 3.53. The van der Waals surface area contributed by atoms with Gasteiger partial charge in [-0.1, -0.05) is 47.3 Å². The van der Waals surface area contributed by atoms with Crippen molar-refractivity contribution in [2.75, 3.05) is 5.33 Å². The number of halogens is 3. The molecule has 0 aromatic heterocycles. The zero-order valence-electron chi connectivity index (χ0n) is 11.4. The third-order valence-corrected chi connectivity index (χ3v) is 5.29. The number of hydrogen-bond donors (Lipinski definition) is 1. The van der Waals surface area contributed by atoms with Gasteiger partial charge in [0.05, 0.1) is 10.6 Å². The summed E-state index contributed by atoms with van der Waals surface area (Å²) in [7, 11) is 0. The number of carbonyl (C=O) groups excluding carboxylic acids is 1. The van der Waals surface area contributed by atoms with Gasteiger partial charge in [-0.15, -0.1) is 0 Å². The van der Waals surface area contributed by atoms with Crippen molar-refractivity contribution in [2.24, 2.45) is 5.92 Å². The molecule has 0 saturated heterocycles. The van der Waals surface area contributed by atoms with E-state index in [1.165, 1.54) is 18.6 Å². The molecule has 1 aliphatic rings. The Labute approximate surface area is 132 Å². The van der Waals surface area contributed by atoms with Gasteiger partial charge in [0.2, 0.25) is 0 Å². The van der Waals surface area contributed by atoms with Crippen LogP contribution in [0.25, 0.3) is 0 Å². The molecule has 2 atom stereocenters. The van der Waals surface area contributed by atoms with Crippen LogP contribution in [0.15, 0.2) is 18.2 Å². The van der Waals surface area contributed by atoms with Crippen molar-refractivity contribution < 1.29 is 9.18 Å². The van der Waals surface area contributed by atoms with Crippen molar-refractivity contribution in [3.63, 3.8) is 0 Å². The number of rotatable bonds is 3. The summed E-state index contributed by atoms with van der Waals surface area (Å²) in [6, 6.07) is 4.15. The number of amides is 1. The van der Waals surface area contributed by atoms with E-state index in [0.29, 0.717) is 16.8 Å². The monoisotopic (exact) mass is 361 g/mol. The normalized spacial score (nSPS) is 26.3. The molecule has 2 rings (SSSR count). The first kappa shape index (κ1) is 15.8. The summed E-state index contributed by atoms with van der Waals surface area (Å²) >= 11 is 9.15. The van der Waals surface area contributed by atoms with E-state index in [1.54, 1.807) is 6.07 Å². The molecule has 5 heteroatoms. The highest BCUT2D eigenvalue weighted by molar-refractivity contribution is 9.09. The molecule has 2 nitrogen and oxygen atoms in total. The Morgan fingerprint density at radius 3 is 2.95 bits per heavy atom. The fourth-order valence-corrected chi connectivity index (χ4v) is 3.65.